The third kappa shape index (κ3) is 5.35. The molecule has 1 amide bonds. The van der Waals surface area contributed by atoms with Gasteiger partial charge in [0.05, 0.1) is 6.54 Å². The van der Waals surface area contributed by atoms with Crippen molar-refractivity contribution in [1.82, 2.24) is 19.9 Å². The van der Waals surface area contributed by atoms with E-state index in [-0.39, 0.29) is 0 Å². The van der Waals surface area contributed by atoms with Gasteiger partial charge in [-0.2, -0.15) is 4.98 Å². The van der Waals surface area contributed by atoms with E-state index in [0.717, 1.165) is 65.1 Å². The van der Waals surface area contributed by atoms with Gasteiger partial charge in [-0.1, -0.05) is 23.4 Å². The number of aryl methyl sites for hydroxylation is 1. The Hall–Kier alpha value is -2.41. The summed E-state index contributed by atoms with van der Waals surface area (Å²) in [4.78, 5) is 23.7. The fourth-order valence-electron chi connectivity index (χ4n) is 4.37. The molecule has 0 N–H and O–H groups in total. The quantitative estimate of drug-likeness (QED) is 0.747. The van der Waals surface area contributed by atoms with Crippen LogP contribution >= 0.6 is 0 Å². The van der Waals surface area contributed by atoms with Gasteiger partial charge in [0.15, 0.2) is 5.82 Å². The molecule has 0 spiro atoms. The molecule has 2 aromatic rings. The Bertz CT molecular complexity index is 778. The number of rotatable bonds is 6. The molecule has 0 unspecified atom stereocenters. The summed E-state index contributed by atoms with van der Waals surface area (Å²) >= 11 is 0. The van der Waals surface area contributed by atoms with Gasteiger partial charge < -0.3 is 14.3 Å². The van der Waals surface area contributed by atoms with E-state index in [0.29, 0.717) is 30.0 Å². The lowest BCUT2D eigenvalue weighted by molar-refractivity contribution is -0.131. The summed E-state index contributed by atoms with van der Waals surface area (Å²) in [6.07, 6.45) is 3.97. The first-order valence-electron chi connectivity index (χ1n) is 10.8. The summed E-state index contributed by atoms with van der Waals surface area (Å²) < 4.78 is 5.22. The number of likely N-dealkylation sites (tertiary alicyclic amines) is 1. The lowest BCUT2D eigenvalue weighted by atomic mass is 9.92. The van der Waals surface area contributed by atoms with Gasteiger partial charge >= 0.3 is 0 Å². The maximum Gasteiger partial charge on any atom is 0.240 e. The van der Waals surface area contributed by atoms with E-state index in [2.05, 4.69) is 44.2 Å². The number of piperidine rings is 1. The Morgan fingerprint density at radius 2 is 1.79 bits per heavy atom. The Morgan fingerprint density at radius 3 is 2.45 bits per heavy atom. The van der Waals surface area contributed by atoms with Crippen molar-refractivity contribution in [3.8, 4) is 0 Å². The van der Waals surface area contributed by atoms with Crippen molar-refractivity contribution in [2.45, 2.75) is 39.2 Å². The lowest BCUT2D eigenvalue weighted by Gasteiger charge is -2.36. The Labute approximate surface area is 172 Å². The summed E-state index contributed by atoms with van der Waals surface area (Å²) in [5.74, 6) is 2.36. The topological polar surface area (TPSA) is 65.7 Å². The van der Waals surface area contributed by atoms with Gasteiger partial charge in [0.1, 0.15) is 0 Å². The van der Waals surface area contributed by atoms with Gasteiger partial charge in [-0.15, -0.1) is 0 Å². The maximum atomic E-state index is 12.7. The number of benzene rings is 1. The van der Waals surface area contributed by atoms with Crippen LogP contribution in [0.3, 0.4) is 0 Å². The molecule has 0 saturated carbocycles. The number of nitrogens with zero attached hydrogens (tertiary/aromatic N) is 5. The molecule has 0 aliphatic carbocycles. The van der Waals surface area contributed by atoms with Crippen LogP contribution in [0.1, 0.15) is 37.4 Å². The average Bonchev–Trinajstić information content (AvgIpc) is 3.18. The summed E-state index contributed by atoms with van der Waals surface area (Å²) in [5.41, 5.74) is 1.25. The molecule has 156 valence electrons. The number of aromatic nitrogens is 2. The largest absolute Gasteiger partial charge is 0.368 e. The van der Waals surface area contributed by atoms with Crippen LogP contribution in [0, 0.1) is 12.8 Å². The van der Waals surface area contributed by atoms with Crippen LogP contribution in [-0.2, 0) is 11.3 Å². The van der Waals surface area contributed by atoms with Gasteiger partial charge in [0.2, 0.25) is 11.8 Å². The molecule has 4 rings (SSSR count). The Kier molecular flexibility index (Phi) is 6.44. The van der Waals surface area contributed by atoms with Gasteiger partial charge in [0.25, 0.3) is 0 Å². The van der Waals surface area contributed by atoms with E-state index in [1.807, 2.05) is 17.9 Å². The van der Waals surface area contributed by atoms with E-state index in [9.17, 15) is 4.79 Å². The molecule has 0 radical (unpaired) electrons. The van der Waals surface area contributed by atoms with E-state index < -0.39 is 0 Å². The van der Waals surface area contributed by atoms with Crippen molar-refractivity contribution in [1.29, 1.82) is 0 Å². The molecule has 7 heteroatoms. The summed E-state index contributed by atoms with van der Waals surface area (Å²) in [7, 11) is 0. The van der Waals surface area contributed by atoms with Crippen molar-refractivity contribution in [3.63, 3.8) is 0 Å². The first kappa shape index (κ1) is 19.9. The molecule has 2 saturated heterocycles. The molecular formula is C22H31N5O2. The predicted octanol–water partition coefficient (Wildman–Crippen LogP) is 2.72. The van der Waals surface area contributed by atoms with Crippen molar-refractivity contribution in [2.24, 2.45) is 5.92 Å². The van der Waals surface area contributed by atoms with Crippen LogP contribution in [0.5, 0.6) is 0 Å². The highest BCUT2D eigenvalue weighted by Gasteiger charge is 2.24. The summed E-state index contributed by atoms with van der Waals surface area (Å²) in [6.45, 7) is 8.15. The smallest absolute Gasteiger partial charge is 0.240 e. The SMILES string of the molecule is Cc1noc(CN2CCC(CCC(=O)N3CCN(c4ccccc4)CC3)CC2)n1. The van der Waals surface area contributed by atoms with E-state index in [1.54, 1.807) is 0 Å². The number of piperazine rings is 1. The Balaban J connectivity index is 1.14. The summed E-state index contributed by atoms with van der Waals surface area (Å²) in [5, 5.41) is 3.85. The fraction of sp³-hybridized carbons (Fsp3) is 0.591. The van der Waals surface area contributed by atoms with Crippen LogP contribution in [-0.4, -0.2) is 65.1 Å². The molecule has 2 fully saturated rings. The van der Waals surface area contributed by atoms with Crippen molar-refractivity contribution in [3.05, 3.63) is 42.0 Å². The number of amides is 1. The van der Waals surface area contributed by atoms with Gasteiger partial charge in [0, 0.05) is 38.3 Å². The molecule has 2 aliphatic heterocycles. The number of hydrogen-bond acceptors (Lipinski definition) is 6. The highest BCUT2D eigenvalue weighted by Crippen LogP contribution is 2.24. The van der Waals surface area contributed by atoms with E-state index >= 15 is 0 Å². The number of para-hydroxylation sites is 1. The number of carbonyl (C=O) groups is 1. The highest BCUT2D eigenvalue weighted by atomic mass is 16.5. The fourth-order valence-corrected chi connectivity index (χ4v) is 4.37. The minimum absolute atomic E-state index is 0.321. The normalized spacial score (nSPS) is 18.9. The zero-order valence-electron chi connectivity index (χ0n) is 17.3. The molecule has 1 aromatic heterocycles. The third-order valence-electron chi connectivity index (χ3n) is 6.16. The van der Waals surface area contributed by atoms with Crippen molar-refractivity contribution < 1.29 is 9.32 Å². The monoisotopic (exact) mass is 397 g/mol. The molecule has 2 aliphatic rings. The van der Waals surface area contributed by atoms with Crippen LogP contribution in [0.25, 0.3) is 0 Å². The van der Waals surface area contributed by atoms with Crippen LogP contribution < -0.4 is 4.90 Å². The second-order valence-corrected chi connectivity index (χ2v) is 8.20. The minimum Gasteiger partial charge on any atom is -0.368 e. The van der Waals surface area contributed by atoms with Crippen LogP contribution in [0.15, 0.2) is 34.9 Å². The van der Waals surface area contributed by atoms with Gasteiger partial charge in [-0.25, -0.2) is 0 Å². The standard InChI is InChI=1S/C22H31N5O2/c1-18-23-21(29-24-18)17-25-11-9-19(10-12-25)7-8-22(28)27-15-13-26(14-16-27)20-5-3-2-4-6-20/h2-6,19H,7-17H2,1H3. The maximum absolute atomic E-state index is 12.7. The van der Waals surface area contributed by atoms with Gasteiger partial charge in [-0.05, 0) is 57.3 Å². The van der Waals surface area contributed by atoms with E-state index in [1.165, 1.54) is 5.69 Å². The molecule has 0 atom stereocenters. The highest BCUT2D eigenvalue weighted by molar-refractivity contribution is 5.76. The average molecular weight is 398 g/mol. The van der Waals surface area contributed by atoms with Crippen molar-refractivity contribution in [2.75, 3.05) is 44.2 Å². The van der Waals surface area contributed by atoms with Crippen LogP contribution in [0.2, 0.25) is 0 Å². The Morgan fingerprint density at radius 1 is 1.07 bits per heavy atom. The zero-order chi connectivity index (χ0) is 20.1. The summed E-state index contributed by atoms with van der Waals surface area (Å²) in [6, 6.07) is 10.5. The van der Waals surface area contributed by atoms with Gasteiger partial charge in [-0.3, -0.25) is 9.69 Å². The first-order valence-corrected chi connectivity index (χ1v) is 10.8. The predicted molar refractivity (Wildman–Crippen MR) is 112 cm³/mol. The lowest BCUT2D eigenvalue weighted by Crippen LogP contribution is -2.48. The molecule has 3 heterocycles. The molecule has 0 bridgehead atoms. The molecule has 29 heavy (non-hydrogen) atoms. The second kappa shape index (κ2) is 9.39. The molecule has 7 nitrogen and oxygen atoms in total. The number of carbonyl (C=O) groups excluding carboxylic acids is 1. The van der Waals surface area contributed by atoms with E-state index in [4.69, 9.17) is 4.52 Å². The van der Waals surface area contributed by atoms with Crippen LogP contribution in [0.4, 0.5) is 5.69 Å². The number of hydrogen-bond donors (Lipinski definition) is 0. The minimum atomic E-state index is 0.321. The first-order chi connectivity index (χ1) is 14.2. The second-order valence-electron chi connectivity index (χ2n) is 8.20. The molecular weight excluding hydrogens is 366 g/mol. The molecule has 1 aromatic carbocycles. The third-order valence-corrected chi connectivity index (χ3v) is 6.16. The number of anilines is 1. The van der Waals surface area contributed by atoms with Crippen molar-refractivity contribution >= 4 is 11.6 Å². The zero-order valence-corrected chi connectivity index (χ0v) is 17.3.